The number of nitrogens with one attached hydrogen (secondary N) is 4. The Balaban J connectivity index is 1.76. The first kappa shape index (κ1) is 22.4. The summed E-state index contributed by atoms with van der Waals surface area (Å²) >= 11 is 5.11. The Kier molecular flexibility index (Phi) is 4.92. The molecule has 5 heterocycles. The molecular formula is C26H30I2N4. The summed E-state index contributed by atoms with van der Waals surface area (Å²) in [6, 6.07) is 17.9. The number of aromatic amines is 4. The lowest BCUT2D eigenvalue weighted by atomic mass is 9.86. The molecule has 0 saturated heterocycles. The zero-order valence-corrected chi connectivity index (χ0v) is 23.7. The lowest BCUT2D eigenvalue weighted by Gasteiger charge is -2.27. The molecule has 4 N–H and O–H groups in total. The van der Waals surface area contributed by atoms with Gasteiger partial charge in [0, 0.05) is 56.4 Å². The second-order valence-electron chi connectivity index (χ2n) is 10.4. The van der Waals surface area contributed by atoms with Crippen LogP contribution in [0, 0.1) is 0 Å². The average Bonchev–Trinajstić information content (AvgIpc) is 3.53. The van der Waals surface area contributed by atoms with Crippen LogP contribution < -0.4 is 0 Å². The zero-order valence-electron chi connectivity index (χ0n) is 19.4. The van der Waals surface area contributed by atoms with E-state index in [1.54, 1.807) is 0 Å². The van der Waals surface area contributed by atoms with Crippen molar-refractivity contribution < 1.29 is 0 Å². The molecule has 0 fully saturated rings. The highest BCUT2D eigenvalue weighted by Crippen LogP contribution is 2.44. The molecule has 0 aliphatic carbocycles. The minimum atomic E-state index is -0.194. The highest BCUT2D eigenvalue weighted by Gasteiger charge is 2.37. The molecule has 168 valence electrons. The number of alkyl halides is 2. The summed E-state index contributed by atoms with van der Waals surface area (Å²) in [5, 5.41) is 0. The first-order valence-electron chi connectivity index (χ1n) is 11.0. The maximum atomic E-state index is 3.76. The van der Waals surface area contributed by atoms with Gasteiger partial charge in [0.15, 0.2) is 0 Å². The first-order valence-corrected chi connectivity index (χ1v) is 13.2. The van der Waals surface area contributed by atoms with Gasteiger partial charge in [-0.2, -0.15) is 0 Å². The first-order chi connectivity index (χ1) is 14.8. The van der Waals surface area contributed by atoms with E-state index in [0.29, 0.717) is 0 Å². The van der Waals surface area contributed by atoms with Gasteiger partial charge in [-0.3, -0.25) is 0 Å². The smallest absolute Gasteiger partial charge is 0.0987 e. The third-order valence-electron chi connectivity index (χ3n) is 7.46. The molecule has 32 heavy (non-hydrogen) atoms. The van der Waals surface area contributed by atoms with Crippen molar-refractivity contribution in [3.8, 4) is 0 Å². The minimum Gasteiger partial charge on any atom is -0.360 e. The van der Waals surface area contributed by atoms with E-state index in [1.807, 2.05) is 0 Å². The molecular weight excluding hydrogens is 622 g/mol. The molecule has 0 unspecified atom stereocenters. The van der Waals surface area contributed by atoms with Crippen LogP contribution in [0.2, 0.25) is 0 Å². The molecule has 0 amide bonds. The molecule has 8 bridgehead atoms. The molecule has 0 saturated carbocycles. The Morgan fingerprint density at radius 2 is 0.594 bits per heavy atom. The van der Waals surface area contributed by atoms with Crippen molar-refractivity contribution in [2.45, 2.75) is 59.2 Å². The van der Waals surface area contributed by atoms with Gasteiger partial charge < -0.3 is 19.9 Å². The van der Waals surface area contributed by atoms with Crippen molar-refractivity contribution in [2.75, 3.05) is 0 Å². The van der Waals surface area contributed by atoms with Crippen LogP contribution in [0.25, 0.3) is 0 Å². The molecule has 4 nitrogen and oxygen atoms in total. The fraction of sp³-hybridized carbons (Fsp3) is 0.385. The van der Waals surface area contributed by atoms with E-state index < -0.39 is 0 Å². The number of halogens is 2. The third-order valence-corrected chi connectivity index (χ3v) is 9.78. The number of hydrogen-bond donors (Lipinski definition) is 4. The maximum absolute atomic E-state index is 3.76. The van der Waals surface area contributed by atoms with E-state index in [0.717, 1.165) is 0 Å². The van der Waals surface area contributed by atoms with Gasteiger partial charge in [-0.05, 0) is 90.1 Å². The van der Waals surface area contributed by atoms with Crippen LogP contribution in [0.15, 0.2) is 48.5 Å². The van der Waals surface area contributed by atoms with E-state index in [1.165, 1.54) is 45.6 Å². The summed E-state index contributed by atoms with van der Waals surface area (Å²) < 4.78 is -0.389. The number of rotatable bonds is 0. The summed E-state index contributed by atoms with van der Waals surface area (Å²) in [6.07, 6.45) is 0. The SMILES string of the molecule is CC1(C)c2ccc([nH]2)C(C)(I)c2ccc([nH]2)C(C)(C)c2ccc([nH]2)C(C)(I)c2ccc1[nH]2. The predicted octanol–water partition coefficient (Wildman–Crippen LogP) is 7.36. The summed E-state index contributed by atoms with van der Waals surface area (Å²) in [6.45, 7) is 13.6. The van der Waals surface area contributed by atoms with E-state index in [4.69, 9.17) is 0 Å². The second kappa shape index (κ2) is 7.04. The summed E-state index contributed by atoms with van der Waals surface area (Å²) in [5.74, 6) is 0. The third kappa shape index (κ3) is 3.19. The van der Waals surface area contributed by atoms with Crippen molar-refractivity contribution in [1.82, 2.24) is 19.9 Å². The van der Waals surface area contributed by atoms with Gasteiger partial charge in [-0.1, -0.05) is 45.2 Å². The van der Waals surface area contributed by atoms with Crippen LogP contribution in [-0.2, 0) is 17.7 Å². The van der Waals surface area contributed by atoms with Crippen molar-refractivity contribution >= 4 is 45.2 Å². The maximum Gasteiger partial charge on any atom is 0.0987 e. The molecule has 1 aliphatic heterocycles. The fourth-order valence-corrected chi connectivity index (χ4v) is 5.97. The summed E-state index contributed by atoms with van der Waals surface area (Å²) in [4.78, 5) is 15.0. The lowest BCUT2D eigenvalue weighted by molar-refractivity contribution is 0.587. The number of aromatic nitrogens is 4. The van der Waals surface area contributed by atoms with Gasteiger partial charge in [0.25, 0.3) is 0 Å². The van der Waals surface area contributed by atoms with E-state index >= 15 is 0 Å². The number of H-pyrrole nitrogens is 4. The number of fused-ring (bicyclic) bond motifs is 8. The molecule has 0 aromatic carbocycles. The quantitative estimate of drug-likeness (QED) is 0.113. The topological polar surface area (TPSA) is 63.2 Å². The lowest BCUT2D eigenvalue weighted by Crippen LogP contribution is -2.24. The van der Waals surface area contributed by atoms with Gasteiger partial charge in [-0.15, -0.1) is 0 Å². The van der Waals surface area contributed by atoms with Gasteiger partial charge in [-0.25, -0.2) is 0 Å². The molecule has 0 spiro atoms. The fourth-order valence-electron chi connectivity index (χ4n) is 4.71. The molecule has 5 rings (SSSR count). The van der Waals surface area contributed by atoms with Crippen molar-refractivity contribution in [1.29, 1.82) is 0 Å². The Morgan fingerprint density at radius 3 is 0.812 bits per heavy atom. The van der Waals surface area contributed by atoms with Crippen molar-refractivity contribution in [3.63, 3.8) is 0 Å². The van der Waals surface area contributed by atoms with Gasteiger partial charge in [0.1, 0.15) is 0 Å². The Bertz CT molecular complexity index is 1010. The Labute approximate surface area is 217 Å². The molecule has 0 radical (unpaired) electrons. The monoisotopic (exact) mass is 652 g/mol. The van der Waals surface area contributed by atoms with E-state index in [-0.39, 0.29) is 17.7 Å². The van der Waals surface area contributed by atoms with E-state index in [2.05, 4.69) is 155 Å². The highest BCUT2D eigenvalue weighted by atomic mass is 127. The highest BCUT2D eigenvalue weighted by molar-refractivity contribution is 14.1. The van der Waals surface area contributed by atoms with Crippen LogP contribution in [0.4, 0.5) is 0 Å². The van der Waals surface area contributed by atoms with Crippen LogP contribution in [0.3, 0.4) is 0 Å². The molecule has 4 aromatic rings. The zero-order chi connectivity index (χ0) is 23.1. The molecule has 6 heteroatoms. The van der Waals surface area contributed by atoms with Crippen LogP contribution >= 0.6 is 45.2 Å². The van der Waals surface area contributed by atoms with E-state index in [9.17, 15) is 0 Å². The van der Waals surface area contributed by atoms with Crippen molar-refractivity contribution in [3.05, 3.63) is 94.1 Å². The van der Waals surface area contributed by atoms with Crippen molar-refractivity contribution in [2.24, 2.45) is 0 Å². The van der Waals surface area contributed by atoms with Crippen LogP contribution in [0.5, 0.6) is 0 Å². The second-order valence-corrected chi connectivity index (χ2v) is 14.7. The van der Waals surface area contributed by atoms with Crippen LogP contribution in [-0.4, -0.2) is 19.9 Å². The largest absolute Gasteiger partial charge is 0.360 e. The molecule has 0 atom stereocenters. The van der Waals surface area contributed by atoms with Gasteiger partial charge in [0.05, 0.1) is 6.84 Å². The summed E-state index contributed by atoms with van der Waals surface area (Å²) in [5.41, 5.74) is 9.30. The summed E-state index contributed by atoms with van der Waals surface area (Å²) in [7, 11) is 0. The minimum absolute atomic E-state index is 0.170. The molecule has 1 aliphatic rings. The Morgan fingerprint density at radius 1 is 0.406 bits per heavy atom. The number of hydrogen-bond acceptors (Lipinski definition) is 0. The van der Waals surface area contributed by atoms with Crippen LogP contribution in [0.1, 0.15) is 87.1 Å². The average molecular weight is 652 g/mol. The molecule has 4 aromatic heterocycles. The van der Waals surface area contributed by atoms with Gasteiger partial charge in [0.2, 0.25) is 0 Å². The van der Waals surface area contributed by atoms with Gasteiger partial charge >= 0.3 is 0 Å². The standard InChI is InChI=1S/C26H30I2N4/c1-23(2)15-7-11-19(29-15)25(5,27)21-13-9-17(31-21)24(3,4)18-10-14-22(32-18)26(6,28)20-12-8-16(23)30-20/h7-14,29-32H,1-6H3. The normalized spacial score (nSPS) is 26.2. The predicted molar refractivity (Wildman–Crippen MR) is 148 cm³/mol. The Hall–Kier alpha value is -1.42.